The maximum atomic E-state index is 14.9. The van der Waals surface area contributed by atoms with Crippen LogP contribution >= 0.6 is 0 Å². The molecule has 0 saturated carbocycles. The molecule has 3 fully saturated rings. The number of anilines is 3. The highest BCUT2D eigenvalue weighted by Gasteiger charge is 2.45. The quantitative estimate of drug-likeness (QED) is 0.238. The van der Waals surface area contributed by atoms with Crippen molar-refractivity contribution >= 4 is 23.1 Å². The van der Waals surface area contributed by atoms with Crippen LogP contribution in [0.3, 0.4) is 0 Å². The highest BCUT2D eigenvalue weighted by Crippen LogP contribution is 2.37. The molecule has 11 nitrogen and oxygen atoms in total. The Labute approximate surface area is 278 Å². The summed E-state index contributed by atoms with van der Waals surface area (Å²) in [5.74, 6) is -0.736. The zero-order valence-electron chi connectivity index (χ0n) is 27.0. The van der Waals surface area contributed by atoms with Gasteiger partial charge in [-0.15, -0.1) is 0 Å². The lowest BCUT2D eigenvalue weighted by atomic mass is 9.94. The van der Waals surface area contributed by atoms with Crippen molar-refractivity contribution in [3.05, 3.63) is 96.6 Å². The van der Waals surface area contributed by atoms with Crippen molar-refractivity contribution in [3.8, 4) is 5.75 Å². The maximum absolute atomic E-state index is 14.9. The summed E-state index contributed by atoms with van der Waals surface area (Å²) in [6.07, 6.45) is 2.12. The molecule has 13 heteroatoms. The number of benzene rings is 3. The number of rotatable bonds is 10. The molecule has 2 atom stereocenters. The van der Waals surface area contributed by atoms with Crippen molar-refractivity contribution in [1.82, 2.24) is 19.7 Å². The lowest BCUT2D eigenvalue weighted by Crippen LogP contribution is -2.46. The average Bonchev–Trinajstić information content (AvgIpc) is 3.85. The number of nitrogens with zero attached hydrogens (tertiary/aromatic N) is 7. The van der Waals surface area contributed by atoms with Gasteiger partial charge in [0.25, 0.3) is 0 Å². The van der Waals surface area contributed by atoms with E-state index < -0.39 is 23.5 Å². The van der Waals surface area contributed by atoms with Gasteiger partial charge in [-0.3, -0.25) is 4.90 Å². The van der Waals surface area contributed by atoms with Crippen LogP contribution in [0.5, 0.6) is 5.75 Å². The fraction of sp³-hybridized carbons (Fsp3) is 0.400. The second-order valence-electron chi connectivity index (χ2n) is 12.6. The minimum absolute atomic E-state index is 0.0354. The van der Waals surface area contributed by atoms with E-state index in [2.05, 4.69) is 32.0 Å². The standard InChI is InChI=1S/C35H39F2N7O4/c1-25(2)43-17-18-44(34(43)45)29-6-4-27(5-7-29)40-13-15-41(16-14-40)28-8-10-30(11-9-28)46-20-33-47-22-35(48-33,21-42-24-38-23-39-42)31-12-3-26(36)19-32(31)37/h3-12,19,23-25,33H,13-18,20-22H2,1-2H3/t33?,35-/m0/s1. The molecule has 3 saturated heterocycles. The number of amides is 2. The third-order valence-corrected chi connectivity index (χ3v) is 9.22. The number of carbonyl (C=O) groups excluding carboxylic acids is 1. The molecule has 7 rings (SSSR count). The summed E-state index contributed by atoms with van der Waals surface area (Å²) in [4.78, 5) is 25.2. The van der Waals surface area contributed by atoms with E-state index in [1.165, 1.54) is 29.5 Å². The van der Waals surface area contributed by atoms with E-state index in [-0.39, 0.29) is 37.4 Å². The van der Waals surface area contributed by atoms with Gasteiger partial charge in [0.2, 0.25) is 0 Å². The van der Waals surface area contributed by atoms with Crippen LogP contribution in [-0.2, 0) is 21.6 Å². The Morgan fingerprint density at radius 3 is 2.17 bits per heavy atom. The molecule has 2 amide bonds. The van der Waals surface area contributed by atoms with Crippen LogP contribution in [0.15, 0.2) is 79.4 Å². The highest BCUT2D eigenvalue weighted by atomic mass is 19.1. The number of halogens is 2. The predicted molar refractivity (Wildman–Crippen MR) is 176 cm³/mol. The van der Waals surface area contributed by atoms with Crippen LogP contribution in [0.2, 0.25) is 0 Å². The molecule has 1 aromatic heterocycles. The number of hydrogen-bond acceptors (Lipinski definition) is 8. The molecule has 4 heterocycles. The zero-order chi connectivity index (χ0) is 33.3. The van der Waals surface area contributed by atoms with Gasteiger partial charge in [-0.05, 0) is 68.4 Å². The number of piperazine rings is 1. The first kappa shape index (κ1) is 31.8. The number of aromatic nitrogens is 3. The smallest absolute Gasteiger partial charge is 0.324 e. The topological polar surface area (TPSA) is 88.4 Å². The Kier molecular flexibility index (Phi) is 8.88. The van der Waals surface area contributed by atoms with Crippen LogP contribution in [-0.4, -0.2) is 90.5 Å². The number of urea groups is 1. The minimum atomic E-state index is -1.23. The monoisotopic (exact) mass is 659 g/mol. The first-order valence-electron chi connectivity index (χ1n) is 16.3. The molecule has 48 heavy (non-hydrogen) atoms. The van der Waals surface area contributed by atoms with Gasteiger partial charge in [0.15, 0.2) is 6.29 Å². The first-order chi connectivity index (χ1) is 23.3. The molecule has 0 N–H and O–H groups in total. The van der Waals surface area contributed by atoms with Crippen LogP contribution in [0.4, 0.5) is 30.6 Å². The highest BCUT2D eigenvalue weighted by molar-refractivity contribution is 5.94. The molecule has 1 unspecified atom stereocenters. The van der Waals surface area contributed by atoms with E-state index in [0.29, 0.717) is 12.3 Å². The van der Waals surface area contributed by atoms with E-state index in [4.69, 9.17) is 14.2 Å². The van der Waals surface area contributed by atoms with Crippen molar-refractivity contribution in [1.29, 1.82) is 0 Å². The van der Waals surface area contributed by atoms with Gasteiger partial charge >= 0.3 is 6.03 Å². The maximum Gasteiger partial charge on any atom is 0.324 e. The summed E-state index contributed by atoms with van der Waals surface area (Å²) < 4.78 is 48.2. The largest absolute Gasteiger partial charge is 0.488 e. The molecular formula is C35H39F2N7O4. The molecule has 3 aliphatic heterocycles. The lowest BCUT2D eigenvalue weighted by molar-refractivity contribution is -0.117. The Morgan fingerprint density at radius 1 is 0.896 bits per heavy atom. The normalized spacial score (nSPS) is 21.5. The van der Waals surface area contributed by atoms with Gasteiger partial charge < -0.3 is 28.9 Å². The number of hydrogen-bond donors (Lipinski definition) is 0. The summed E-state index contributed by atoms with van der Waals surface area (Å²) in [6, 6.07) is 19.9. The van der Waals surface area contributed by atoms with Gasteiger partial charge in [0.05, 0.1) is 13.2 Å². The third-order valence-electron chi connectivity index (χ3n) is 9.22. The molecule has 0 bridgehead atoms. The molecule has 0 aliphatic carbocycles. The van der Waals surface area contributed by atoms with Crippen molar-refractivity contribution in [3.63, 3.8) is 0 Å². The van der Waals surface area contributed by atoms with Crippen molar-refractivity contribution in [2.45, 2.75) is 38.3 Å². The van der Waals surface area contributed by atoms with E-state index >= 15 is 0 Å². The molecule has 3 aliphatic rings. The SMILES string of the molecule is CC(C)N1CCN(c2ccc(N3CCN(c4ccc(OCC5OC[C@@](Cn6cncn6)(c6ccc(F)cc6F)O5)cc4)CC3)cc2)C1=O. The van der Waals surface area contributed by atoms with Gasteiger partial charge in [0.1, 0.15) is 42.2 Å². The van der Waals surface area contributed by atoms with Crippen LogP contribution in [0, 0.1) is 11.6 Å². The Balaban J connectivity index is 0.914. The Morgan fingerprint density at radius 2 is 1.56 bits per heavy atom. The molecule has 3 aromatic carbocycles. The minimum Gasteiger partial charge on any atom is -0.488 e. The third kappa shape index (κ3) is 6.52. The summed E-state index contributed by atoms with van der Waals surface area (Å²) in [6.45, 7) is 9.31. The van der Waals surface area contributed by atoms with Crippen LogP contribution in [0.1, 0.15) is 19.4 Å². The van der Waals surface area contributed by atoms with Gasteiger partial charge in [-0.25, -0.2) is 23.2 Å². The Hall–Kier alpha value is -4.75. The van der Waals surface area contributed by atoms with E-state index in [9.17, 15) is 13.6 Å². The first-order valence-corrected chi connectivity index (χ1v) is 16.3. The summed E-state index contributed by atoms with van der Waals surface area (Å²) in [7, 11) is 0. The summed E-state index contributed by atoms with van der Waals surface area (Å²) in [5.41, 5.74) is 2.15. The fourth-order valence-electron chi connectivity index (χ4n) is 6.63. The predicted octanol–water partition coefficient (Wildman–Crippen LogP) is 4.88. The molecule has 0 spiro atoms. The Bertz CT molecular complexity index is 1700. The van der Waals surface area contributed by atoms with Crippen LogP contribution < -0.4 is 19.4 Å². The number of carbonyl (C=O) groups is 1. The van der Waals surface area contributed by atoms with Crippen molar-refractivity contribution < 1.29 is 27.8 Å². The second-order valence-corrected chi connectivity index (χ2v) is 12.6. The molecule has 4 aromatic rings. The lowest BCUT2D eigenvalue weighted by Gasteiger charge is -2.37. The van der Waals surface area contributed by atoms with Gasteiger partial charge in [-0.1, -0.05) is 6.07 Å². The molecule has 252 valence electrons. The van der Waals surface area contributed by atoms with Gasteiger partial charge in [0, 0.05) is 74.0 Å². The second kappa shape index (κ2) is 13.4. The van der Waals surface area contributed by atoms with Gasteiger partial charge in [-0.2, -0.15) is 5.10 Å². The van der Waals surface area contributed by atoms with E-state index in [1.807, 2.05) is 60.0 Å². The van der Waals surface area contributed by atoms with Crippen molar-refractivity contribution in [2.75, 3.05) is 67.2 Å². The molecular weight excluding hydrogens is 620 g/mol. The van der Waals surface area contributed by atoms with E-state index in [0.717, 1.165) is 55.9 Å². The number of ether oxygens (including phenoxy) is 3. The van der Waals surface area contributed by atoms with Crippen LogP contribution in [0.25, 0.3) is 0 Å². The zero-order valence-corrected chi connectivity index (χ0v) is 27.0. The van der Waals surface area contributed by atoms with Crippen molar-refractivity contribution in [2.24, 2.45) is 0 Å². The van der Waals surface area contributed by atoms with E-state index in [1.54, 1.807) is 0 Å². The summed E-state index contributed by atoms with van der Waals surface area (Å²) in [5, 5.41) is 4.13. The molecule has 0 radical (unpaired) electrons. The fourth-order valence-corrected chi connectivity index (χ4v) is 6.63. The summed E-state index contributed by atoms with van der Waals surface area (Å²) >= 11 is 0. The average molecular weight is 660 g/mol.